The lowest BCUT2D eigenvalue weighted by molar-refractivity contribution is -0.118. The summed E-state index contributed by atoms with van der Waals surface area (Å²) in [7, 11) is 0. The maximum Gasteiger partial charge on any atom is 0.254 e. The summed E-state index contributed by atoms with van der Waals surface area (Å²) in [5.74, 6) is 1.39. The van der Waals surface area contributed by atoms with Crippen LogP contribution in [0.3, 0.4) is 0 Å². The molecule has 124 valence electrons. The van der Waals surface area contributed by atoms with Gasteiger partial charge in [0, 0.05) is 25.1 Å². The molecular weight excluding hydrogens is 296 g/mol. The van der Waals surface area contributed by atoms with E-state index in [1.165, 1.54) is 0 Å². The Morgan fingerprint density at radius 1 is 1.22 bits per heavy atom. The van der Waals surface area contributed by atoms with E-state index >= 15 is 0 Å². The Labute approximate surface area is 135 Å². The Balaban J connectivity index is 1.66. The van der Waals surface area contributed by atoms with Gasteiger partial charge in [-0.25, -0.2) is 0 Å². The highest BCUT2D eigenvalue weighted by atomic mass is 16.6. The van der Waals surface area contributed by atoms with Crippen LogP contribution in [-0.2, 0) is 4.79 Å². The number of carbonyl (C=O) groups excluding carboxylic acids is 2. The number of hydrogen-bond acceptors (Lipinski definition) is 4. The molecule has 6 heteroatoms. The molecule has 0 radical (unpaired) electrons. The lowest BCUT2D eigenvalue weighted by Gasteiger charge is -2.33. The minimum absolute atomic E-state index is 0.00532. The largest absolute Gasteiger partial charge is 0.486 e. The van der Waals surface area contributed by atoms with Crippen LogP contribution in [0.15, 0.2) is 18.2 Å². The fourth-order valence-electron chi connectivity index (χ4n) is 3.19. The molecule has 2 aliphatic rings. The number of amides is 2. The van der Waals surface area contributed by atoms with Crippen LogP contribution in [0.1, 0.15) is 36.0 Å². The number of likely N-dealkylation sites (tertiary alicyclic amines) is 1. The molecule has 1 saturated heterocycles. The van der Waals surface area contributed by atoms with Gasteiger partial charge in [-0.3, -0.25) is 9.59 Å². The summed E-state index contributed by atoms with van der Waals surface area (Å²) in [6.07, 6.45) is 3.13. The second kappa shape index (κ2) is 6.89. The first-order valence-corrected chi connectivity index (χ1v) is 8.10. The fraction of sp³-hybridized carbons (Fsp3) is 0.529. The second-order valence-corrected chi connectivity index (χ2v) is 6.12. The highest BCUT2D eigenvalue weighted by Crippen LogP contribution is 2.31. The molecule has 0 saturated carbocycles. The van der Waals surface area contributed by atoms with Crippen LogP contribution in [0.5, 0.6) is 11.5 Å². The number of benzene rings is 1. The molecule has 0 spiro atoms. The zero-order valence-corrected chi connectivity index (χ0v) is 13.1. The zero-order valence-electron chi connectivity index (χ0n) is 13.1. The van der Waals surface area contributed by atoms with E-state index in [-0.39, 0.29) is 11.8 Å². The molecule has 1 aromatic carbocycles. The van der Waals surface area contributed by atoms with E-state index in [1.54, 1.807) is 18.2 Å². The quantitative estimate of drug-likeness (QED) is 0.913. The van der Waals surface area contributed by atoms with Crippen LogP contribution in [0.2, 0.25) is 0 Å². The second-order valence-electron chi connectivity index (χ2n) is 6.12. The molecule has 0 unspecified atom stereocenters. The third kappa shape index (κ3) is 3.75. The highest BCUT2D eigenvalue weighted by Gasteiger charge is 2.25. The standard InChI is InChI=1S/C17H22N2O4/c18-16(20)6-3-12-2-1-7-19(11-12)17(21)13-4-5-14-15(10-13)23-9-8-22-14/h4-5,10,12H,1-3,6-9,11H2,(H2,18,20)/t12-/m0/s1. The van der Waals surface area contributed by atoms with Gasteiger partial charge in [-0.1, -0.05) is 0 Å². The van der Waals surface area contributed by atoms with Gasteiger partial charge in [-0.2, -0.15) is 0 Å². The number of ether oxygens (including phenoxy) is 2. The molecule has 1 atom stereocenters. The van der Waals surface area contributed by atoms with Crippen LogP contribution in [0, 0.1) is 5.92 Å². The number of nitrogens with zero attached hydrogens (tertiary/aromatic N) is 1. The average molecular weight is 318 g/mol. The molecule has 2 amide bonds. The molecule has 2 heterocycles. The van der Waals surface area contributed by atoms with Crippen molar-refractivity contribution in [2.75, 3.05) is 26.3 Å². The predicted molar refractivity (Wildman–Crippen MR) is 84.5 cm³/mol. The monoisotopic (exact) mass is 318 g/mol. The first kappa shape index (κ1) is 15.6. The SMILES string of the molecule is NC(=O)CC[C@@H]1CCCN(C(=O)c2ccc3c(c2)OCCO3)C1. The number of hydrogen-bond donors (Lipinski definition) is 1. The third-order valence-corrected chi connectivity index (χ3v) is 4.39. The molecule has 0 aromatic heterocycles. The molecule has 2 aliphatic heterocycles. The summed E-state index contributed by atoms with van der Waals surface area (Å²) >= 11 is 0. The Hall–Kier alpha value is -2.24. The third-order valence-electron chi connectivity index (χ3n) is 4.39. The number of primary amides is 1. The molecule has 0 aliphatic carbocycles. The molecule has 3 rings (SSSR count). The van der Waals surface area contributed by atoms with E-state index < -0.39 is 0 Å². The topological polar surface area (TPSA) is 81.9 Å². The number of rotatable bonds is 4. The van der Waals surface area contributed by atoms with Crippen LogP contribution in [0.4, 0.5) is 0 Å². The van der Waals surface area contributed by atoms with E-state index in [0.29, 0.717) is 49.2 Å². The lowest BCUT2D eigenvalue weighted by Crippen LogP contribution is -2.40. The fourth-order valence-corrected chi connectivity index (χ4v) is 3.19. The van der Waals surface area contributed by atoms with Crippen molar-refractivity contribution in [1.82, 2.24) is 4.90 Å². The molecule has 23 heavy (non-hydrogen) atoms. The van der Waals surface area contributed by atoms with Gasteiger partial charge < -0.3 is 20.1 Å². The minimum atomic E-state index is -0.278. The summed E-state index contributed by atoms with van der Waals surface area (Å²) in [6, 6.07) is 5.32. The van der Waals surface area contributed by atoms with Gasteiger partial charge >= 0.3 is 0 Å². The van der Waals surface area contributed by atoms with Gasteiger partial charge in [0.15, 0.2) is 11.5 Å². The molecule has 1 fully saturated rings. The van der Waals surface area contributed by atoms with Gasteiger partial charge in [-0.15, -0.1) is 0 Å². The highest BCUT2D eigenvalue weighted by molar-refractivity contribution is 5.95. The van der Waals surface area contributed by atoms with Crippen molar-refractivity contribution in [1.29, 1.82) is 0 Å². The van der Waals surface area contributed by atoms with E-state index in [1.807, 2.05) is 4.90 Å². The van der Waals surface area contributed by atoms with Crippen molar-refractivity contribution in [2.45, 2.75) is 25.7 Å². The smallest absolute Gasteiger partial charge is 0.254 e. The van der Waals surface area contributed by atoms with Crippen LogP contribution < -0.4 is 15.2 Å². The van der Waals surface area contributed by atoms with Crippen molar-refractivity contribution in [2.24, 2.45) is 11.7 Å². The van der Waals surface area contributed by atoms with Crippen molar-refractivity contribution < 1.29 is 19.1 Å². The molecular formula is C17H22N2O4. The van der Waals surface area contributed by atoms with Crippen molar-refractivity contribution in [3.63, 3.8) is 0 Å². The molecule has 0 bridgehead atoms. The Morgan fingerprint density at radius 3 is 2.78 bits per heavy atom. The number of nitrogens with two attached hydrogens (primary N) is 1. The molecule has 1 aromatic rings. The number of fused-ring (bicyclic) bond motifs is 1. The Bertz CT molecular complexity index is 602. The zero-order chi connectivity index (χ0) is 16.2. The van der Waals surface area contributed by atoms with Gasteiger partial charge in [0.2, 0.25) is 5.91 Å². The summed E-state index contributed by atoms with van der Waals surface area (Å²) in [6.45, 7) is 2.47. The maximum absolute atomic E-state index is 12.7. The Kier molecular flexibility index (Phi) is 4.69. The van der Waals surface area contributed by atoms with Gasteiger partial charge in [0.1, 0.15) is 13.2 Å². The maximum atomic E-state index is 12.7. The predicted octanol–water partition coefficient (Wildman–Crippen LogP) is 1.58. The normalized spacial score (nSPS) is 20.2. The van der Waals surface area contributed by atoms with Crippen molar-refractivity contribution >= 4 is 11.8 Å². The van der Waals surface area contributed by atoms with Crippen LogP contribution >= 0.6 is 0 Å². The van der Waals surface area contributed by atoms with E-state index in [2.05, 4.69) is 0 Å². The van der Waals surface area contributed by atoms with E-state index in [9.17, 15) is 9.59 Å². The molecule has 2 N–H and O–H groups in total. The Morgan fingerprint density at radius 2 is 2.00 bits per heavy atom. The summed E-state index contributed by atoms with van der Waals surface area (Å²) < 4.78 is 11.0. The van der Waals surface area contributed by atoms with Crippen molar-refractivity contribution in [3.8, 4) is 11.5 Å². The molecule has 6 nitrogen and oxygen atoms in total. The number of piperidine rings is 1. The number of carbonyl (C=O) groups is 2. The van der Waals surface area contributed by atoms with Crippen LogP contribution in [-0.4, -0.2) is 43.0 Å². The van der Waals surface area contributed by atoms with E-state index in [0.717, 1.165) is 25.8 Å². The minimum Gasteiger partial charge on any atom is -0.486 e. The first-order chi connectivity index (χ1) is 11.1. The lowest BCUT2D eigenvalue weighted by atomic mass is 9.93. The van der Waals surface area contributed by atoms with Crippen LogP contribution in [0.25, 0.3) is 0 Å². The van der Waals surface area contributed by atoms with E-state index in [4.69, 9.17) is 15.2 Å². The van der Waals surface area contributed by atoms with Gasteiger partial charge in [0.25, 0.3) is 5.91 Å². The van der Waals surface area contributed by atoms with Crippen molar-refractivity contribution in [3.05, 3.63) is 23.8 Å². The summed E-state index contributed by atoms with van der Waals surface area (Å²) in [5.41, 5.74) is 5.83. The summed E-state index contributed by atoms with van der Waals surface area (Å²) in [5, 5.41) is 0. The summed E-state index contributed by atoms with van der Waals surface area (Å²) in [4.78, 5) is 25.5. The van der Waals surface area contributed by atoms with Gasteiger partial charge in [0.05, 0.1) is 0 Å². The average Bonchev–Trinajstić information content (AvgIpc) is 2.59. The van der Waals surface area contributed by atoms with Gasteiger partial charge in [-0.05, 0) is 43.4 Å². The first-order valence-electron chi connectivity index (χ1n) is 8.10.